The van der Waals surface area contributed by atoms with Crippen molar-refractivity contribution in [1.29, 1.82) is 0 Å². The molecule has 1 aromatic rings. The standard InChI is InChI=1S/C7H9NO2/c8-7(9,10)6-4-2-1-3-5-6/h1-5,9-10H,8H2. The van der Waals surface area contributed by atoms with Crippen molar-refractivity contribution in [2.75, 3.05) is 0 Å². The van der Waals surface area contributed by atoms with Gasteiger partial charge in [-0.15, -0.1) is 0 Å². The van der Waals surface area contributed by atoms with Crippen LogP contribution in [0, 0.1) is 0 Å². The minimum absolute atomic E-state index is 0.287. The second-order valence-corrected chi connectivity index (χ2v) is 2.09. The van der Waals surface area contributed by atoms with Gasteiger partial charge >= 0.3 is 0 Å². The monoisotopic (exact) mass is 139 g/mol. The summed E-state index contributed by atoms with van der Waals surface area (Å²) in [6.45, 7) is 0. The van der Waals surface area contributed by atoms with Gasteiger partial charge in [0, 0.05) is 5.56 Å². The minimum atomic E-state index is -2.21. The van der Waals surface area contributed by atoms with Gasteiger partial charge in [-0.3, -0.25) is 5.73 Å². The van der Waals surface area contributed by atoms with Gasteiger partial charge in [0.25, 0.3) is 0 Å². The zero-order chi connectivity index (χ0) is 7.61. The van der Waals surface area contributed by atoms with Crippen LogP contribution >= 0.6 is 0 Å². The van der Waals surface area contributed by atoms with Crippen LogP contribution in [-0.2, 0) is 5.91 Å². The highest BCUT2D eigenvalue weighted by atomic mass is 16.5. The fourth-order valence-electron chi connectivity index (χ4n) is 0.683. The van der Waals surface area contributed by atoms with Crippen molar-refractivity contribution in [3.05, 3.63) is 35.9 Å². The van der Waals surface area contributed by atoms with E-state index in [1.165, 1.54) is 0 Å². The molecule has 54 valence electrons. The van der Waals surface area contributed by atoms with Gasteiger partial charge in [-0.25, -0.2) is 0 Å². The topological polar surface area (TPSA) is 66.5 Å². The Kier molecular flexibility index (Phi) is 1.72. The third kappa shape index (κ3) is 1.54. The molecule has 0 bridgehead atoms. The van der Waals surface area contributed by atoms with Crippen molar-refractivity contribution in [3.63, 3.8) is 0 Å². The van der Waals surface area contributed by atoms with Crippen molar-refractivity contribution in [3.8, 4) is 0 Å². The summed E-state index contributed by atoms with van der Waals surface area (Å²) >= 11 is 0. The minimum Gasteiger partial charge on any atom is -0.350 e. The summed E-state index contributed by atoms with van der Waals surface area (Å²) in [6.07, 6.45) is 0. The maximum Gasteiger partial charge on any atom is 0.248 e. The molecule has 3 heteroatoms. The van der Waals surface area contributed by atoms with Gasteiger partial charge in [-0.05, 0) is 0 Å². The molecule has 0 amide bonds. The molecule has 4 N–H and O–H groups in total. The Morgan fingerprint density at radius 1 is 1.10 bits per heavy atom. The fraction of sp³-hybridized carbons (Fsp3) is 0.143. The van der Waals surface area contributed by atoms with Crippen molar-refractivity contribution in [1.82, 2.24) is 0 Å². The Hall–Kier alpha value is -0.900. The molecule has 0 aliphatic rings. The summed E-state index contributed by atoms with van der Waals surface area (Å²) < 4.78 is 0. The van der Waals surface area contributed by atoms with Crippen molar-refractivity contribution in [2.45, 2.75) is 5.91 Å². The molecule has 0 radical (unpaired) electrons. The summed E-state index contributed by atoms with van der Waals surface area (Å²) in [5.41, 5.74) is 5.25. The third-order valence-electron chi connectivity index (χ3n) is 1.20. The summed E-state index contributed by atoms with van der Waals surface area (Å²) in [6, 6.07) is 8.22. The van der Waals surface area contributed by atoms with Crippen LogP contribution in [0.25, 0.3) is 0 Å². The molecule has 1 rings (SSSR count). The van der Waals surface area contributed by atoms with Crippen LogP contribution < -0.4 is 5.73 Å². The van der Waals surface area contributed by atoms with Crippen LogP contribution in [0.2, 0.25) is 0 Å². The van der Waals surface area contributed by atoms with E-state index in [0.717, 1.165) is 0 Å². The molecule has 0 saturated carbocycles. The maximum absolute atomic E-state index is 8.82. The predicted octanol–water partition coefficient (Wildman–Crippen LogP) is -0.260. The van der Waals surface area contributed by atoms with Gasteiger partial charge in [0.2, 0.25) is 5.91 Å². The molecular weight excluding hydrogens is 130 g/mol. The highest BCUT2D eigenvalue weighted by Gasteiger charge is 2.17. The average molecular weight is 139 g/mol. The quantitative estimate of drug-likeness (QED) is 0.469. The van der Waals surface area contributed by atoms with E-state index >= 15 is 0 Å². The molecule has 0 spiro atoms. The molecule has 10 heavy (non-hydrogen) atoms. The Morgan fingerprint density at radius 3 is 1.90 bits per heavy atom. The molecule has 0 heterocycles. The lowest BCUT2D eigenvalue weighted by Gasteiger charge is -2.14. The zero-order valence-corrected chi connectivity index (χ0v) is 5.36. The molecule has 0 aliphatic carbocycles. The van der Waals surface area contributed by atoms with Crippen LogP contribution in [0.1, 0.15) is 5.56 Å². The van der Waals surface area contributed by atoms with E-state index in [0.29, 0.717) is 0 Å². The number of hydrogen-bond donors (Lipinski definition) is 3. The van der Waals surface area contributed by atoms with E-state index in [4.69, 9.17) is 15.9 Å². The maximum atomic E-state index is 8.82. The van der Waals surface area contributed by atoms with Crippen molar-refractivity contribution >= 4 is 0 Å². The average Bonchev–Trinajstić information content (AvgIpc) is 1.88. The largest absolute Gasteiger partial charge is 0.350 e. The molecule has 0 saturated heterocycles. The van der Waals surface area contributed by atoms with Gasteiger partial charge in [0.1, 0.15) is 0 Å². The summed E-state index contributed by atoms with van der Waals surface area (Å²) in [5.74, 6) is -2.21. The van der Waals surface area contributed by atoms with E-state index < -0.39 is 5.91 Å². The summed E-state index contributed by atoms with van der Waals surface area (Å²) in [5, 5.41) is 17.6. The van der Waals surface area contributed by atoms with Gasteiger partial charge in [0.15, 0.2) is 0 Å². The Labute approximate surface area is 58.7 Å². The van der Waals surface area contributed by atoms with Gasteiger partial charge in [-0.2, -0.15) is 0 Å². The fourth-order valence-corrected chi connectivity index (χ4v) is 0.683. The Morgan fingerprint density at radius 2 is 1.60 bits per heavy atom. The number of rotatable bonds is 1. The molecule has 0 fully saturated rings. The molecule has 0 unspecified atom stereocenters. The van der Waals surface area contributed by atoms with Crippen LogP contribution in [0.3, 0.4) is 0 Å². The second-order valence-electron chi connectivity index (χ2n) is 2.09. The first-order valence-electron chi connectivity index (χ1n) is 2.90. The zero-order valence-electron chi connectivity index (χ0n) is 5.36. The van der Waals surface area contributed by atoms with E-state index in [9.17, 15) is 0 Å². The lowest BCUT2D eigenvalue weighted by Crippen LogP contribution is -2.35. The molecular formula is C7H9NO2. The lowest BCUT2D eigenvalue weighted by atomic mass is 10.2. The highest BCUT2D eigenvalue weighted by molar-refractivity contribution is 5.18. The van der Waals surface area contributed by atoms with Crippen LogP contribution in [0.4, 0.5) is 0 Å². The van der Waals surface area contributed by atoms with Crippen molar-refractivity contribution < 1.29 is 10.2 Å². The number of benzene rings is 1. The Balaban J connectivity index is 2.97. The molecule has 0 atom stereocenters. The van der Waals surface area contributed by atoms with Gasteiger partial charge < -0.3 is 10.2 Å². The molecule has 0 aromatic heterocycles. The smallest absolute Gasteiger partial charge is 0.248 e. The van der Waals surface area contributed by atoms with Gasteiger partial charge in [-0.1, -0.05) is 30.3 Å². The first-order chi connectivity index (χ1) is 4.61. The highest BCUT2D eigenvalue weighted by Crippen LogP contribution is 2.09. The van der Waals surface area contributed by atoms with Crippen molar-refractivity contribution in [2.24, 2.45) is 5.73 Å². The molecule has 1 aromatic carbocycles. The molecule has 3 nitrogen and oxygen atoms in total. The first kappa shape index (κ1) is 7.21. The van der Waals surface area contributed by atoms with Gasteiger partial charge in [0.05, 0.1) is 0 Å². The predicted molar refractivity (Wildman–Crippen MR) is 36.7 cm³/mol. The third-order valence-corrected chi connectivity index (χ3v) is 1.20. The number of nitrogens with two attached hydrogens (primary N) is 1. The van der Waals surface area contributed by atoms with Crippen LogP contribution in [0.15, 0.2) is 30.3 Å². The van der Waals surface area contributed by atoms with E-state index in [2.05, 4.69) is 0 Å². The molecule has 0 aliphatic heterocycles. The van der Waals surface area contributed by atoms with Crippen LogP contribution in [-0.4, -0.2) is 10.2 Å². The van der Waals surface area contributed by atoms with E-state index in [1.807, 2.05) is 0 Å². The SMILES string of the molecule is NC(O)(O)c1ccccc1. The van der Waals surface area contributed by atoms with Crippen LogP contribution in [0.5, 0.6) is 0 Å². The summed E-state index contributed by atoms with van der Waals surface area (Å²) in [7, 11) is 0. The van der Waals surface area contributed by atoms with E-state index in [-0.39, 0.29) is 5.56 Å². The van der Waals surface area contributed by atoms with E-state index in [1.54, 1.807) is 30.3 Å². The normalized spacial score (nSPS) is 11.5. The first-order valence-corrected chi connectivity index (χ1v) is 2.90. The second kappa shape index (κ2) is 2.38. The summed E-state index contributed by atoms with van der Waals surface area (Å²) in [4.78, 5) is 0. The lowest BCUT2D eigenvalue weighted by molar-refractivity contribution is -0.163. The number of aliphatic hydroxyl groups is 2. The Bertz CT molecular complexity index is 203. The number of hydrogen-bond acceptors (Lipinski definition) is 3.